The smallest absolute Gasteiger partial charge is 0.350 e. The number of aromatic nitrogens is 1. The van der Waals surface area contributed by atoms with Crippen LogP contribution in [0.25, 0.3) is 10.6 Å². The fourth-order valence-corrected chi connectivity index (χ4v) is 2.71. The third-order valence-electron chi connectivity index (χ3n) is 2.59. The number of rotatable bonds is 4. The second-order valence-electron chi connectivity index (χ2n) is 3.85. The molecule has 0 radical (unpaired) electrons. The van der Waals surface area contributed by atoms with E-state index in [2.05, 4.69) is 4.98 Å². The molecule has 5 heteroatoms. The molecule has 0 saturated heterocycles. The lowest BCUT2D eigenvalue weighted by molar-refractivity contribution is 0.0531. The van der Waals surface area contributed by atoms with Gasteiger partial charge in [-0.25, -0.2) is 9.78 Å². The summed E-state index contributed by atoms with van der Waals surface area (Å²) in [5, 5.41) is 0.762. The maximum absolute atomic E-state index is 11.8. The van der Waals surface area contributed by atoms with Crippen LogP contribution < -0.4 is 4.74 Å². The van der Waals surface area contributed by atoms with Crippen molar-refractivity contribution in [3.63, 3.8) is 0 Å². The first-order chi connectivity index (χ1) is 9.17. The van der Waals surface area contributed by atoms with E-state index in [4.69, 9.17) is 9.47 Å². The van der Waals surface area contributed by atoms with E-state index < -0.39 is 0 Å². The number of benzene rings is 1. The highest BCUT2D eigenvalue weighted by molar-refractivity contribution is 7.17. The molecule has 0 unspecified atom stereocenters. The zero-order valence-electron chi connectivity index (χ0n) is 11.1. The topological polar surface area (TPSA) is 48.4 Å². The molecule has 2 aromatic rings. The van der Waals surface area contributed by atoms with Gasteiger partial charge in [0.1, 0.15) is 15.6 Å². The molecule has 0 bridgehead atoms. The van der Waals surface area contributed by atoms with Gasteiger partial charge in [0.15, 0.2) is 0 Å². The van der Waals surface area contributed by atoms with E-state index in [1.165, 1.54) is 11.3 Å². The molecule has 19 heavy (non-hydrogen) atoms. The van der Waals surface area contributed by atoms with Crippen LogP contribution in [0.2, 0.25) is 0 Å². The van der Waals surface area contributed by atoms with Gasteiger partial charge in [-0.1, -0.05) is 12.1 Å². The zero-order chi connectivity index (χ0) is 13.8. The van der Waals surface area contributed by atoms with Gasteiger partial charge in [-0.2, -0.15) is 0 Å². The normalized spacial score (nSPS) is 10.3. The summed E-state index contributed by atoms with van der Waals surface area (Å²) in [4.78, 5) is 16.8. The lowest BCUT2D eigenvalue weighted by atomic mass is 10.2. The second kappa shape index (κ2) is 5.84. The number of methoxy groups -OCH3 is 1. The monoisotopic (exact) mass is 277 g/mol. The molecule has 0 aliphatic carbocycles. The van der Waals surface area contributed by atoms with Gasteiger partial charge in [0, 0.05) is 0 Å². The molecule has 0 fully saturated rings. The van der Waals surface area contributed by atoms with Crippen molar-refractivity contribution >= 4 is 17.3 Å². The zero-order valence-corrected chi connectivity index (χ0v) is 11.9. The van der Waals surface area contributed by atoms with Crippen LogP contribution in [0.1, 0.15) is 22.3 Å². The Morgan fingerprint density at radius 2 is 2.11 bits per heavy atom. The van der Waals surface area contributed by atoms with Gasteiger partial charge in [-0.3, -0.25) is 0 Å². The van der Waals surface area contributed by atoms with Crippen molar-refractivity contribution in [2.75, 3.05) is 13.7 Å². The molecular weight excluding hydrogens is 262 g/mol. The molecule has 0 spiro atoms. The van der Waals surface area contributed by atoms with Crippen LogP contribution in [0.15, 0.2) is 24.3 Å². The summed E-state index contributed by atoms with van der Waals surface area (Å²) >= 11 is 1.32. The quantitative estimate of drug-likeness (QED) is 0.804. The Hall–Kier alpha value is -1.88. The van der Waals surface area contributed by atoms with Crippen molar-refractivity contribution < 1.29 is 14.3 Å². The Kier molecular flexibility index (Phi) is 4.16. The molecule has 0 saturated carbocycles. The molecule has 1 aromatic carbocycles. The van der Waals surface area contributed by atoms with Crippen LogP contribution in [0.5, 0.6) is 5.75 Å². The van der Waals surface area contributed by atoms with Gasteiger partial charge in [-0.05, 0) is 26.0 Å². The highest BCUT2D eigenvalue weighted by Gasteiger charge is 2.18. The van der Waals surface area contributed by atoms with Crippen molar-refractivity contribution in [3.8, 4) is 16.3 Å². The van der Waals surface area contributed by atoms with E-state index in [1.807, 2.05) is 31.2 Å². The number of hydrogen-bond acceptors (Lipinski definition) is 5. The van der Waals surface area contributed by atoms with E-state index >= 15 is 0 Å². The molecule has 100 valence electrons. The Bertz CT molecular complexity index is 592. The molecule has 0 aliphatic heterocycles. The number of esters is 1. The van der Waals surface area contributed by atoms with Gasteiger partial charge < -0.3 is 9.47 Å². The van der Waals surface area contributed by atoms with Gasteiger partial charge in [-0.15, -0.1) is 11.3 Å². The summed E-state index contributed by atoms with van der Waals surface area (Å²) in [6, 6.07) is 7.61. The predicted octanol–water partition coefficient (Wildman–Crippen LogP) is 3.30. The Morgan fingerprint density at radius 3 is 2.79 bits per heavy atom. The van der Waals surface area contributed by atoms with Crippen molar-refractivity contribution in [1.82, 2.24) is 4.98 Å². The van der Waals surface area contributed by atoms with Gasteiger partial charge in [0.25, 0.3) is 0 Å². The summed E-state index contributed by atoms with van der Waals surface area (Å²) in [5.74, 6) is 0.422. The number of ether oxygens (including phenoxy) is 2. The molecule has 0 atom stereocenters. The van der Waals surface area contributed by atoms with E-state index in [0.29, 0.717) is 17.2 Å². The number of carbonyl (C=O) groups excluding carboxylic acids is 1. The van der Waals surface area contributed by atoms with Gasteiger partial charge >= 0.3 is 5.97 Å². The van der Waals surface area contributed by atoms with E-state index in [-0.39, 0.29) is 5.97 Å². The summed E-state index contributed by atoms with van der Waals surface area (Å²) in [7, 11) is 1.62. The van der Waals surface area contributed by atoms with Crippen LogP contribution in [0.4, 0.5) is 0 Å². The minimum atomic E-state index is -0.321. The first-order valence-corrected chi connectivity index (χ1v) is 6.77. The van der Waals surface area contributed by atoms with Crippen LogP contribution in [0.3, 0.4) is 0 Å². The summed E-state index contributed by atoms with van der Waals surface area (Å²) in [6.45, 7) is 3.96. The standard InChI is InChI=1S/C14H15NO3S/c1-4-18-14(16)12-9(2)15-13(19-12)10-7-5-6-8-11(10)17-3/h5-8H,4H2,1-3H3. The molecule has 1 aromatic heterocycles. The minimum Gasteiger partial charge on any atom is -0.496 e. The second-order valence-corrected chi connectivity index (χ2v) is 4.85. The van der Waals surface area contributed by atoms with Crippen molar-refractivity contribution in [1.29, 1.82) is 0 Å². The number of carbonyl (C=O) groups is 1. The Labute approximate surface area is 116 Å². The number of nitrogens with zero attached hydrogens (tertiary/aromatic N) is 1. The average molecular weight is 277 g/mol. The van der Waals surface area contributed by atoms with E-state index in [9.17, 15) is 4.79 Å². The highest BCUT2D eigenvalue weighted by atomic mass is 32.1. The van der Waals surface area contributed by atoms with Gasteiger partial charge in [0.2, 0.25) is 0 Å². The summed E-state index contributed by atoms with van der Waals surface area (Å²) in [6.07, 6.45) is 0. The fraction of sp³-hybridized carbons (Fsp3) is 0.286. The van der Waals surface area contributed by atoms with E-state index in [0.717, 1.165) is 16.3 Å². The third kappa shape index (κ3) is 2.76. The Morgan fingerprint density at radius 1 is 1.37 bits per heavy atom. The van der Waals surface area contributed by atoms with Crippen LogP contribution in [-0.2, 0) is 4.74 Å². The van der Waals surface area contributed by atoms with Crippen molar-refractivity contribution in [2.45, 2.75) is 13.8 Å². The van der Waals surface area contributed by atoms with Crippen LogP contribution in [-0.4, -0.2) is 24.7 Å². The molecule has 2 rings (SSSR count). The number of aryl methyl sites for hydroxylation is 1. The third-order valence-corrected chi connectivity index (χ3v) is 3.77. The lowest BCUT2D eigenvalue weighted by Gasteiger charge is -2.04. The fourth-order valence-electron chi connectivity index (χ4n) is 1.72. The summed E-state index contributed by atoms with van der Waals surface area (Å²) in [5.41, 5.74) is 1.57. The number of thiazole rings is 1. The molecule has 1 heterocycles. The largest absolute Gasteiger partial charge is 0.496 e. The first-order valence-electron chi connectivity index (χ1n) is 5.95. The molecule has 0 N–H and O–H groups in total. The Balaban J connectivity index is 2.42. The lowest BCUT2D eigenvalue weighted by Crippen LogP contribution is -2.03. The average Bonchev–Trinajstić information content (AvgIpc) is 2.81. The molecule has 0 aliphatic rings. The van der Waals surface area contributed by atoms with Crippen molar-refractivity contribution in [2.24, 2.45) is 0 Å². The molecule has 4 nitrogen and oxygen atoms in total. The van der Waals surface area contributed by atoms with Gasteiger partial charge in [0.05, 0.1) is 25.0 Å². The molecular formula is C14H15NO3S. The molecule has 0 amide bonds. The minimum absolute atomic E-state index is 0.321. The maximum atomic E-state index is 11.8. The van der Waals surface area contributed by atoms with E-state index in [1.54, 1.807) is 14.0 Å². The first kappa shape index (κ1) is 13.5. The number of para-hydroxylation sites is 1. The highest BCUT2D eigenvalue weighted by Crippen LogP contribution is 2.34. The predicted molar refractivity (Wildman–Crippen MR) is 74.8 cm³/mol. The van der Waals surface area contributed by atoms with Crippen LogP contribution >= 0.6 is 11.3 Å². The summed E-state index contributed by atoms with van der Waals surface area (Å²) < 4.78 is 10.3. The SMILES string of the molecule is CCOC(=O)c1sc(-c2ccccc2OC)nc1C. The maximum Gasteiger partial charge on any atom is 0.350 e. The van der Waals surface area contributed by atoms with Crippen molar-refractivity contribution in [3.05, 3.63) is 34.8 Å². The number of hydrogen-bond donors (Lipinski definition) is 0. The van der Waals surface area contributed by atoms with Crippen LogP contribution in [0, 0.1) is 6.92 Å².